The number of nitrogens with zero attached hydrogens (tertiary/aromatic N) is 3. The maximum Gasteiger partial charge on any atom is 0.283 e. The van der Waals surface area contributed by atoms with Gasteiger partial charge in [0.05, 0.1) is 10.8 Å². The molecule has 1 unspecified atom stereocenters. The average molecular weight is 449 g/mol. The predicted octanol–water partition coefficient (Wildman–Crippen LogP) is 2.72. The number of benzene rings is 1. The van der Waals surface area contributed by atoms with Crippen LogP contribution in [-0.4, -0.2) is 62.5 Å². The van der Waals surface area contributed by atoms with Crippen molar-refractivity contribution in [2.75, 3.05) is 32.0 Å². The molecular weight excluding hydrogens is 416 g/mol. The molecule has 0 saturated carbocycles. The summed E-state index contributed by atoms with van der Waals surface area (Å²) in [5, 5.41) is 2.85. The zero-order chi connectivity index (χ0) is 22.8. The summed E-state index contributed by atoms with van der Waals surface area (Å²) in [4.78, 5) is 29.0. The van der Waals surface area contributed by atoms with E-state index in [0.717, 1.165) is 25.8 Å². The Morgan fingerprint density at radius 3 is 2.35 bits per heavy atom. The van der Waals surface area contributed by atoms with Crippen LogP contribution in [0.1, 0.15) is 46.5 Å². The first-order valence-electron chi connectivity index (χ1n) is 10.7. The number of hydrogen-bond acceptors (Lipinski definition) is 4. The molecule has 3 rings (SSSR count). The number of hydrogen-bond donors (Lipinski definition) is 1. The number of likely N-dealkylation sites (tertiary alicyclic amines) is 2. The Hall–Kier alpha value is -2.42. The van der Waals surface area contributed by atoms with Crippen LogP contribution in [0, 0.1) is 11.3 Å². The first-order chi connectivity index (χ1) is 14.5. The summed E-state index contributed by atoms with van der Waals surface area (Å²) >= 11 is 0. The van der Waals surface area contributed by atoms with Gasteiger partial charge in [-0.15, -0.1) is 4.40 Å². The van der Waals surface area contributed by atoms with E-state index in [4.69, 9.17) is 0 Å². The molecule has 8 nitrogen and oxygen atoms in total. The molecule has 2 fully saturated rings. The second-order valence-corrected chi connectivity index (χ2v) is 11.0. The summed E-state index contributed by atoms with van der Waals surface area (Å²) < 4.78 is 29.1. The number of amides is 2. The number of carbonyl (C=O) groups excluding carboxylic acids is 2. The normalized spacial score (nSPS) is 21.4. The molecule has 9 heteroatoms. The van der Waals surface area contributed by atoms with Crippen LogP contribution < -0.4 is 5.32 Å². The summed E-state index contributed by atoms with van der Waals surface area (Å²) in [6, 6.07) is 6.06. The SMILES string of the molecule is CN1CCC/C1=N\S(=O)(=O)c1ccc(NC(=O)C2CCCN(C(=O)C(C)(C)C)C2)cc1. The molecule has 1 N–H and O–H groups in total. The van der Waals surface area contributed by atoms with Gasteiger partial charge < -0.3 is 15.1 Å². The molecule has 170 valence electrons. The first kappa shape index (κ1) is 23.2. The van der Waals surface area contributed by atoms with Gasteiger partial charge in [0, 0.05) is 44.2 Å². The fourth-order valence-corrected chi connectivity index (χ4v) is 5.00. The van der Waals surface area contributed by atoms with E-state index in [0.29, 0.717) is 31.0 Å². The molecule has 1 atom stereocenters. The molecule has 1 aromatic carbocycles. The third-order valence-electron chi connectivity index (χ3n) is 5.70. The lowest BCUT2D eigenvalue weighted by atomic mass is 9.91. The van der Waals surface area contributed by atoms with E-state index in [1.807, 2.05) is 32.7 Å². The van der Waals surface area contributed by atoms with E-state index in [-0.39, 0.29) is 22.6 Å². The van der Waals surface area contributed by atoms with Crippen LogP contribution in [0.25, 0.3) is 0 Å². The lowest BCUT2D eigenvalue weighted by Gasteiger charge is -2.35. The number of carbonyl (C=O) groups is 2. The summed E-state index contributed by atoms with van der Waals surface area (Å²) in [7, 11) is -1.95. The van der Waals surface area contributed by atoms with Crippen molar-refractivity contribution >= 4 is 33.4 Å². The van der Waals surface area contributed by atoms with Crippen LogP contribution in [-0.2, 0) is 19.6 Å². The number of anilines is 1. The summed E-state index contributed by atoms with van der Waals surface area (Å²) in [5.74, 6) is 0.181. The van der Waals surface area contributed by atoms with Gasteiger partial charge in [-0.05, 0) is 43.5 Å². The smallest absolute Gasteiger partial charge is 0.283 e. The standard InChI is InChI=1S/C22H32N4O4S/c1-22(2,3)21(28)26-14-5-7-16(15-26)20(27)23-17-9-11-18(12-10-17)31(29,30)24-19-8-6-13-25(19)4/h9-12,16H,5-8,13-15H2,1-4H3,(H,23,27)/b24-19+. The van der Waals surface area contributed by atoms with Crippen LogP contribution >= 0.6 is 0 Å². The van der Waals surface area contributed by atoms with Gasteiger partial charge in [0.25, 0.3) is 10.0 Å². The molecule has 0 radical (unpaired) electrons. The van der Waals surface area contributed by atoms with E-state index in [2.05, 4.69) is 9.71 Å². The Kier molecular flexibility index (Phi) is 6.73. The molecule has 0 aliphatic carbocycles. The van der Waals surface area contributed by atoms with Gasteiger partial charge in [-0.1, -0.05) is 20.8 Å². The highest BCUT2D eigenvalue weighted by Gasteiger charge is 2.33. The Bertz CT molecular complexity index is 964. The molecule has 0 bridgehead atoms. The lowest BCUT2D eigenvalue weighted by Crippen LogP contribution is -2.47. The Morgan fingerprint density at radius 1 is 1.10 bits per heavy atom. The van der Waals surface area contributed by atoms with Crippen LogP contribution in [0.2, 0.25) is 0 Å². The number of rotatable bonds is 4. The molecule has 2 saturated heterocycles. The van der Waals surface area contributed by atoms with E-state index in [1.165, 1.54) is 12.1 Å². The van der Waals surface area contributed by atoms with Gasteiger partial charge in [-0.2, -0.15) is 8.42 Å². The maximum atomic E-state index is 12.7. The molecule has 31 heavy (non-hydrogen) atoms. The fraction of sp³-hybridized carbons (Fsp3) is 0.591. The number of piperidine rings is 1. The van der Waals surface area contributed by atoms with E-state index >= 15 is 0 Å². The second kappa shape index (κ2) is 8.98. The van der Waals surface area contributed by atoms with Crippen molar-refractivity contribution in [1.29, 1.82) is 0 Å². The van der Waals surface area contributed by atoms with Gasteiger partial charge in [-0.25, -0.2) is 0 Å². The van der Waals surface area contributed by atoms with Crippen LogP contribution in [0.4, 0.5) is 5.69 Å². The molecule has 2 aliphatic heterocycles. The Labute approximate surface area is 184 Å². The minimum atomic E-state index is -3.78. The first-order valence-corrected chi connectivity index (χ1v) is 12.2. The molecule has 2 aliphatic rings. The van der Waals surface area contributed by atoms with Crippen molar-refractivity contribution in [1.82, 2.24) is 9.80 Å². The van der Waals surface area contributed by atoms with Crippen molar-refractivity contribution in [2.45, 2.75) is 51.3 Å². The third kappa shape index (κ3) is 5.64. The van der Waals surface area contributed by atoms with Crippen LogP contribution in [0.3, 0.4) is 0 Å². The van der Waals surface area contributed by atoms with E-state index in [1.54, 1.807) is 17.0 Å². The van der Waals surface area contributed by atoms with Gasteiger partial charge in [0.2, 0.25) is 11.8 Å². The zero-order valence-corrected chi connectivity index (χ0v) is 19.5. The molecule has 0 spiro atoms. The van der Waals surface area contributed by atoms with Crippen molar-refractivity contribution < 1.29 is 18.0 Å². The maximum absolute atomic E-state index is 12.7. The average Bonchev–Trinajstić information content (AvgIpc) is 3.11. The van der Waals surface area contributed by atoms with Crippen molar-refractivity contribution in [3.63, 3.8) is 0 Å². The molecule has 1 aromatic rings. The number of amidine groups is 1. The van der Waals surface area contributed by atoms with Crippen molar-refractivity contribution in [3.8, 4) is 0 Å². The zero-order valence-electron chi connectivity index (χ0n) is 18.7. The lowest BCUT2D eigenvalue weighted by molar-refractivity contribution is -0.142. The van der Waals surface area contributed by atoms with E-state index < -0.39 is 15.4 Å². The minimum absolute atomic E-state index is 0.0501. The highest BCUT2D eigenvalue weighted by Crippen LogP contribution is 2.25. The minimum Gasteiger partial charge on any atom is -0.362 e. The van der Waals surface area contributed by atoms with Gasteiger partial charge in [0.1, 0.15) is 5.84 Å². The molecule has 2 amide bonds. The number of nitrogens with one attached hydrogen (secondary N) is 1. The summed E-state index contributed by atoms with van der Waals surface area (Å²) in [6.07, 6.45) is 3.05. The van der Waals surface area contributed by atoms with E-state index in [9.17, 15) is 18.0 Å². The quantitative estimate of drug-likeness (QED) is 0.764. The fourth-order valence-electron chi connectivity index (χ4n) is 3.91. The highest BCUT2D eigenvalue weighted by molar-refractivity contribution is 7.90. The van der Waals surface area contributed by atoms with Crippen molar-refractivity contribution in [2.24, 2.45) is 15.7 Å². The van der Waals surface area contributed by atoms with Gasteiger partial charge in [-0.3, -0.25) is 9.59 Å². The van der Waals surface area contributed by atoms with Crippen LogP contribution in [0.15, 0.2) is 33.6 Å². The largest absolute Gasteiger partial charge is 0.362 e. The second-order valence-electron chi connectivity index (χ2n) is 9.36. The summed E-state index contributed by atoms with van der Waals surface area (Å²) in [5.41, 5.74) is 0.0462. The Balaban J connectivity index is 1.64. The predicted molar refractivity (Wildman–Crippen MR) is 120 cm³/mol. The third-order valence-corrected chi connectivity index (χ3v) is 7.02. The molecule has 2 heterocycles. The van der Waals surface area contributed by atoms with Gasteiger partial charge >= 0.3 is 0 Å². The topological polar surface area (TPSA) is 99.2 Å². The molecule has 0 aromatic heterocycles. The highest BCUT2D eigenvalue weighted by atomic mass is 32.2. The van der Waals surface area contributed by atoms with Gasteiger partial charge in [0.15, 0.2) is 0 Å². The Morgan fingerprint density at radius 2 is 1.77 bits per heavy atom. The number of sulfonamides is 1. The summed E-state index contributed by atoms with van der Waals surface area (Å²) in [6.45, 7) is 7.52. The van der Waals surface area contributed by atoms with Crippen LogP contribution in [0.5, 0.6) is 0 Å². The monoisotopic (exact) mass is 448 g/mol. The van der Waals surface area contributed by atoms with Crippen molar-refractivity contribution in [3.05, 3.63) is 24.3 Å². The molecular formula is C22H32N4O4S.